The zero-order valence-corrected chi connectivity index (χ0v) is 15.5. The molecular formula is C20H18ClN5O. The molecule has 0 unspecified atom stereocenters. The van der Waals surface area contributed by atoms with Gasteiger partial charge < -0.3 is 10.3 Å². The van der Waals surface area contributed by atoms with Crippen molar-refractivity contribution in [3.8, 4) is 5.69 Å². The molecule has 0 fully saturated rings. The number of nitrogens with zero attached hydrogens (tertiary/aromatic N) is 3. The second kappa shape index (κ2) is 7.25. The van der Waals surface area contributed by atoms with Crippen molar-refractivity contribution in [1.29, 1.82) is 0 Å². The molecule has 7 heteroatoms. The third-order valence-corrected chi connectivity index (χ3v) is 4.65. The smallest absolute Gasteiger partial charge is 0.290 e. The fraction of sp³-hybridized carbons (Fsp3) is 0.150. The number of carbonyl (C=O) groups excluding carboxylic acids is 1. The number of hydrogen-bond donors (Lipinski definition) is 2. The summed E-state index contributed by atoms with van der Waals surface area (Å²) in [4.78, 5) is 19.9. The van der Waals surface area contributed by atoms with Crippen molar-refractivity contribution in [2.45, 2.75) is 13.3 Å². The van der Waals surface area contributed by atoms with Crippen LogP contribution < -0.4 is 5.32 Å². The molecule has 4 rings (SSSR count). The standard InChI is InChI=1S/C20H18ClN5O/c1-13-24-19(25-26(13)16-8-6-15(21)7-9-16)20(27)22-11-10-14-12-23-18-5-3-2-4-17(14)18/h2-9,12,23H,10-11H2,1H3,(H,22,27). The van der Waals surface area contributed by atoms with Crippen LogP contribution in [0.4, 0.5) is 0 Å². The van der Waals surface area contributed by atoms with Crippen LogP contribution in [0.3, 0.4) is 0 Å². The summed E-state index contributed by atoms with van der Waals surface area (Å²) in [7, 11) is 0. The predicted molar refractivity (Wildman–Crippen MR) is 105 cm³/mol. The van der Waals surface area contributed by atoms with Crippen LogP contribution in [0.1, 0.15) is 22.0 Å². The molecule has 2 heterocycles. The van der Waals surface area contributed by atoms with E-state index in [-0.39, 0.29) is 11.7 Å². The molecule has 0 aliphatic heterocycles. The van der Waals surface area contributed by atoms with E-state index < -0.39 is 0 Å². The number of fused-ring (bicyclic) bond motifs is 1. The molecule has 2 aromatic heterocycles. The minimum absolute atomic E-state index is 0.154. The Morgan fingerprint density at radius 3 is 2.78 bits per heavy atom. The number of nitrogens with one attached hydrogen (secondary N) is 2. The second-order valence-corrected chi connectivity index (χ2v) is 6.67. The summed E-state index contributed by atoms with van der Waals surface area (Å²) in [6, 6.07) is 15.3. The van der Waals surface area contributed by atoms with Crippen molar-refractivity contribution in [3.05, 3.63) is 77.0 Å². The van der Waals surface area contributed by atoms with Gasteiger partial charge in [-0.25, -0.2) is 9.67 Å². The number of H-pyrrole nitrogens is 1. The van der Waals surface area contributed by atoms with Gasteiger partial charge in [-0.2, -0.15) is 0 Å². The number of rotatable bonds is 5. The Morgan fingerprint density at radius 2 is 1.96 bits per heavy atom. The first-order valence-corrected chi connectivity index (χ1v) is 9.02. The van der Waals surface area contributed by atoms with Gasteiger partial charge >= 0.3 is 0 Å². The lowest BCUT2D eigenvalue weighted by atomic mass is 10.1. The normalized spacial score (nSPS) is 11.0. The van der Waals surface area contributed by atoms with Gasteiger partial charge in [0.25, 0.3) is 5.91 Å². The number of benzene rings is 2. The van der Waals surface area contributed by atoms with Crippen LogP contribution in [0.5, 0.6) is 0 Å². The highest BCUT2D eigenvalue weighted by Crippen LogP contribution is 2.18. The second-order valence-electron chi connectivity index (χ2n) is 6.24. The van der Waals surface area contributed by atoms with E-state index in [2.05, 4.69) is 26.4 Å². The van der Waals surface area contributed by atoms with Gasteiger partial charge in [-0.1, -0.05) is 29.8 Å². The van der Waals surface area contributed by atoms with E-state index in [4.69, 9.17) is 11.6 Å². The van der Waals surface area contributed by atoms with Gasteiger partial charge in [0.15, 0.2) is 0 Å². The zero-order chi connectivity index (χ0) is 18.8. The van der Waals surface area contributed by atoms with E-state index in [0.717, 1.165) is 17.6 Å². The maximum atomic E-state index is 12.4. The Kier molecular flexibility index (Phi) is 4.64. The van der Waals surface area contributed by atoms with E-state index in [9.17, 15) is 4.79 Å². The van der Waals surface area contributed by atoms with E-state index in [1.165, 1.54) is 10.9 Å². The molecule has 0 spiro atoms. The lowest BCUT2D eigenvalue weighted by Gasteiger charge is -2.03. The number of carbonyl (C=O) groups is 1. The third-order valence-electron chi connectivity index (χ3n) is 4.40. The highest BCUT2D eigenvalue weighted by molar-refractivity contribution is 6.30. The molecule has 136 valence electrons. The van der Waals surface area contributed by atoms with Gasteiger partial charge in [0.2, 0.25) is 5.82 Å². The van der Waals surface area contributed by atoms with Crippen LogP contribution in [-0.4, -0.2) is 32.2 Å². The van der Waals surface area contributed by atoms with Crippen molar-refractivity contribution in [2.24, 2.45) is 0 Å². The van der Waals surface area contributed by atoms with E-state index in [0.29, 0.717) is 17.4 Å². The lowest BCUT2D eigenvalue weighted by molar-refractivity contribution is 0.0944. The van der Waals surface area contributed by atoms with Crippen molar-refractivity contribution in [1.82, 2.24) is 25.1 Å². The first kappa shape index (κ1) is 17.3. The zero-order valence-electron chi connectivity index (χ0n) is 14.7. The molecule has 2 aromatic carbocycles. The summed E-state index contributed by atoms with van der Waals surface area (Å²) in [6.45, 7) is 2.32. The average Bonchev–Trinajstić information content (AvgIpc) is 3.26. The highest BCUT2D eigenvalue weighted by Gasteiger charge is 2.15. The molecule has 0 bridgehead atoms. The Hall–Kier alpha value is -3.12. The third kappa shape index (κ3) is 3.57. The number of amides is 1. The summed E-state index contributed by atoms with van der Waals surface area (Å²) < 4.78 is 1.63. The van der Waals surface area contributed by atoms with Crippen LogP contribution >= 0.6 is 11.6 Å². The number of para-hydroxylation sites is 1. The Bertz CT molecular complexity index is 1100. The number of aromatic amines is 1. The molecule has 0 atom stereocenters. The molecule has 0 saturated carbocycles. The van der Waals surface area contributed by atoms with Crippen LogP contribution in [0.25, 0.3) is 16.6 Å². The van der Waals surface area contributed by atoms with Crippen molar-refractivity contribution >= 4 is 28.4 Å². The summed E-state index contributed by atoms with van der Waals surface area (Å²) in [5, 5.41) is 9.03. The van der Waals surface area contributed by atoms with E-state index in [1.807, 2.05) is 43.5 Å². The monoisotopic (exact) mass is 379 g/mol. The van der Waals surface area contributed by atoms with Crippen LogP contribution in [-0.2, 0) is 6.42 Å². The maximum Gasteiger partial charge on any atom is 0.290 e. The lowest BCUT2D eigenvalue weighted by Crippen LogP contribution is -2.26. The van der Waals surface area contributed by atoms with Crippen molar-refractivity contribution < 1.29 is 4.79 Å². The maximum absolute atomic E-state index is 12.4. The Morgan fingerprint density at radius 1 is 1.19 bits per heavy atom. The average molecular weight is 380 g/mol. The van der Waals surface area contributed by atoms with Gasteiger partial charge in [0.05, 0.1) is 5.69 Å². The van der Waals surface area contributed by atoms with E-state index >= 15 is 0 Å². The fourth-order valence-electron chi connectivity index (χ4n) is 3.04. The molecule has 27 heavy (non-hydrogen) atoms. The highest BCUT2D eigenvalue weighted by atomic mass is 35.5. The fourth-order valence-corrected chi connectivity index (χ4v) is 3.17. The molecule has 1 amide bonds. The molecule has 0 aliphatic rings. The summed E-state index contributed by atoms with van der Waals surface area (Å²) >= 11 is 5.92. The molecular weight excluding hydrogens is 362 g/mol. The topological polar surface area (TPSA) is 75.6 Å². The molecule has 2 N–H and O–H groups in total. The summed E-state index contributed by atoms with van der Waals surface area (Å²) in [5.74, 6) is 0.506. The molecule has 6 nitrogen and oxygen atoms in total. The summed E-state index contributed by atoms with van der Waals surface area (Å²) in [5.41, 5.74) is 3.07. The summed E-state index contributed by atoms with van der Waals surface area (Å²) in [6.07, 6.45) is 2.71. The number of hydrogen-bond acceptors (Lipinski definition) is 3. The predicted octanol–water partition coefficient (Wildman–Crippen LogP) is 3.68. The van der Waals surface area contributed by atoms with Gasteiger partial charge in [-0.15, -0.1) is 5.10 Å². The molecule has 0 aliphatic carbocycles. The first-order chi connectivity index (χ1) is 13.1. The number of aromatic nitrogens is 4. The number of aryl methyl sites for hydroxylation is 1. The van der Waals surface area contributed by atoms with Gasteiger partial charge in [0, 0.05) is 28.7 Å². The van der Waals surface area contributed by atoms with Crippen LogP contribution in [0, 0.1) is 6.92 Å². The first-order valence-electron chi connectivity index (χ1n) is 8.64. The van der Waals surface area contributed by atoms with Gasteiger partial charge in [-0.05, 0) is 49.2 Å². The van der Waals surface area contributed by atoms with Gasteiger partial charge in [-0.3, -0.25) is 4.79 Å². The van der Waals surface area contributed by atoms with Crippen molar-refractivity contribution in [2.75, 3.05) is 6.54 Å². The molecule has 0 radical (unpaired) electrons. The molecule has 4 aromatic rings. The largest absolute Gasteiger partial charge is 0.361 e. The van der Waals surface area contributed by atoms with E-state index in [1.54, 1.807) is 16.8 Å². The minimum atomic E-state index is -0.286. The van der Waals surface area contributed by atoms with Gasteiger partial charge in [0.1, 0.15) is 5.82 Å². The SMILES string of the molecule is Cc1nc(C(=O)NCCc2c[nH]c3ccccc23)nn1-c1ccc(Cl)cc1. The minimum Gasteiger partial charge on any atom is -0.361 e. The molecule has 0 saturated heterocycles. The van der Waals surface area contributed by atoms with Crippen LogP contribution in [0.2, 0.25) is 5.02 Å². The Labute approximate surface area is 161 Å². The quantitative estimate of drug-likeness (QED) is 0.555. The van der Waals surface area contributed by atoms with Crippen LogP contribution in [0.15, 0.2) is 54.7 Å². The van der Waals surface area contributed by atoms with Crippen molar-refractivity contribution in [3.63, 3.8) is 0 Å². The number of halogens is 1. The Balaban J connectivity index is 1.43.